The van der Waals surface area contributed by atoms with Gasteiger partial charge in [0.1, 0.15) is 5.82 Å². The molecule has 1 heterocycles. The Morgan fingerprint density at radius 3 is 2.68 bits per heavy atom. The summed E-state index contributed by atoms with van der Waals surface area (Å²) in [6.45, 7) is 10.5. The molecule has 1 N–H and O–H groups in total. The van der Waals surface area contributed by atoms with Crippen molar-refractivity contribution in [1.29, 1.82) is 0 Å². The lowest BCUT2D eigenvalue weighted by atomic mass is 9.92. The average Bonchev–Trinajstić information content (AvgIpc) is 2.27. The van der Waals surface area contributed by atoms with Crippen molar-refractivity contribution >= 4 is 17.3 Å². The predicted octanol–water partition coefficient (Wildman–Crippen LogP) is 3.69. The molecule has 0 saturated carbocycles. The molecule has 0 amide bonds. The predicted molar refractivity (Wildman–Crippen MR) is 79.5 cm³/mol. The zero-order valence-electron chi connectivity index (χ0n) is 12.0. The Morgan fingerprint density at radius 1 is 1.42 bits per heavy atom. The lowest BCUT2D eigenvalue weighted by Gasteiger charge is -2.47. The smallest absolute Gasteiger partial charge is 0.124 e. The Kier molecular flexibility index (Phi) is 4.07. The maximum Gasteiger partial charge on any atom is 0.124 e. The van der Waals surface area contributed by atoms with Gasteiger partial charge in [-0.2, -0.15) is 0 Å². The number of nitrogens with zero attached hydrogens (tertiary/aromatic N) is 1. The first-order valence-electron chi connectivity index (χ1n) is 6.77. The minimum absolute atomic E-state index is 0.0309. The molecule has 0 radical (unpaired) electrons. The van der Waals surface area contributed by atoms with E-state index in [9.17, 15) is 4.39 Å². The highest BCUT2D eigenvalue weighted by molar-refractivity contribution is 6.33. The average molecular weight is 285 g/mol. The molecular weight excluding hydrogens is 263 g/mol. The molecule has 1 aromatic carbocycles. The van der Waals surface area contributed by atoms with Crippen molar-refractivity contribution in [2.75, 3.05) is 18.0 Å². The van der Waals surface area contributed by atoms with Crippen LogP contribution < -0.4 is 10.2 Å². The van der Waals surface area contributed by atoms with Crippen LogP contribution >= 0.6 is 11.6 Å². The fourth-order valence-electron chi connectivity index (χ4n) is 2.66. The van der Waals surface area contributed by atoms with Crippen LogP contribution in [-0.4, -0.2) is 24.7 Å². The Hall–Kier alpha value is -0.800. The van der Waals surface area contributed by atoms with E-state index in [2.05, 4.69) is 37.9 Å². The second-order valence-corrected chi connectivity index (χ2v) is 6.71. The number of piperazine rings is 1. The minimum atomic E-state index is -0.288. The van der Waals surface area contributed by atoms with E-state index in [1.807, 2.05) is 0 Å². The summed E-state index contributed by atoms with van der Waals surface area (Å²) in [7, 11) is 0. The van der Waals surface area contributed by atoms with E-state index in [-0.39, 0.29) is 11.4 Å². The molecule has 19 heavy (non-hydrogen) atoms. The highest BCUT2D eigenvalue weighted by Gasteiger charge is 2.34. The van der Waals surface area contributed by atoms with Crippen LogP contribution in [0.25, 0.3) is 0 Å². The molecule has 2 nitrogen and oxygen atoms in total. The summed E-state index contributed by atoms with van der Waals surface area (Å²) in [5, 5.41) is 4.05. The van der Waals surface area contributed by atoms with E-state index in [0.29, 0.717) is 17.0 Å². The number of hydrogen-bond acceptors (Lipinski definition) is 2. The van der Waals surface area contributed by atoms with Crippen LogP contribution in [0.5, 0.6) is 0 Å². The zero-order valence-corrected chi connectivity index (χ0v) is 12.8. The molecule has 1 aromatic rings. The van der Waals surface area contributed by atoms with Crippen LogP contribution in [0.3, 0.4) is 0 Å². The third kappa shape index (κ3) is 3.21. The number of benzene rings is 1. The van der Waals surface area contributed by atoms with Gasteiger partial charge in [0.05, 0.1) is 10.7 Å². The van der Waals surface area contributed by atoms with Gasteiger partial charge >= 0.3 is 0 Å². The first-order chi connectivity index (χ1) is 8.80. The van der Waals surface area contributed by atoms with Gasteiger partial charge in [-0.3, -0.25) is 0 Å². The van der Waals surface area contributed by atoms with Crippen LogP contribution in [0.2, 0.25) is 5.02 Å². The quantitative estimate of drug-likeness (QED) is 0.891. The van der Waals surface area contributed by atoms with Crippen molar-refractivity contribution in [2.24, 2.45) is 5.92 Å². The standard InChI is InChI=1S/C15H22ClFN2/c1-10(2)14-8-18-15(3,4)9-19(14)13-6-5-11(17)7-12(13)16/h5-7,10,14,18H,8-9H2,1-4H3. The summed E-state index contributed by atoms with van der Waals surface area (Å²) in [6.07, 6.45) is 0. The van der Waals surface area contributed by atoms with Gasteiger partial charge in [-0.05, 0) is 38.0 Å². The highest BCUT2D eigenvalue weighted by atomic mass is 35.5. The molecule has 2 rings (SSSR count). The summed E-state index contributed by atoms with van der Waals surface area (Å²) in [5.41, 5.74) is 0.958. The number of rotatable bonds is 2. The molecule has 4 heteroatoms. The molecule has 0 bridgehead atoms. The van der Waals surface area contributed by atoms with E-state index in [0.717, 1.165) is 18.8 Å². The molecule has 1 aliphatic heterocycles. The summed E-state index contributed by atoms with van der Waals surface area (Å²) in [5.74, 6) is 0.217. The minimum Gasteiger partial charge on any atom is -0.364 e. The molecule has 0 aromatic heterocycles. The van der Waals surface area contributed by atoms with Crippen molar-refractivity contribution in [3.8, 4) is 0 Å². The molecule has 0 aliphatic carbocycles. The molecular formula is C15H22ClFN2. The van der Waals surface area contributed by atoms with Gasteiger partial charge in [0.25, 0.3) is 0 Å². The molecule has 0 spiro atoms. The van der Waals surface area contributed by atoms with Gasteiger partial charge in [-0.15, -0.1) is 0 Å². The fraction of sp³-hybridized carbons (Fsp3) is 0.600. The number of nitrogens with one attached hydrogen (secondary N) is 1. The Bertz CT molecular complexity index is 459. The zero-order chi connectivity index (χ0) is 14.2. The Morgan fingerprint density at radius 2 is 2.11 bits per heavy atom. The normalized spacial score (nSPS) is 22.9. The van der Waals surface area contributed by atoms with Gasteiger partial charge in [0.15, 0.2) is 0 Å². The maximum atomic E-state index is 13.2. The maximum absolute atomic E-state index is 13.2. The van der Waals surface area contributed by atoms with Crippen LogP contribution in [0.15, 0.2) is 18.2 Å². The second-order valence-electron chi connectivity index (χ2n) is 6.30. The van der Waals surface area contributed by atoms with Crippen LogP contribution in [0.1, 0.15) is 27.7 Å². The van der Waals surface area contributed by atoms with Gasteiger partial charge in [-0.1, -0.05) is 25.4 Å². The van der Waals surface area contributed by atoms with Gasteiger partial charge in [0.2, 0.25) is 0 Å². The fourth-order valence-corrected chi connectivity index (χ4v) is 2.94. The van der Waals surface area contributed by atoms with Gasteiger partial charge in [-0.25, -0.2) is 4.39 Å². The van der Waals surface area contributed by atoms with Crippen molar-refractivity contribution in [3.05, 3.63) is 29.0 Å². The molecule has 1 atom stereocenters. The summed E-state index contributed by atoms with van der Waals surface area (Å²) >= 11 is 6.22. The lowest BCUT2D eigenvalue weighted by molar-refractivity contribution is 0.277. The first-order valence-corrected chi connectivity index (χ1v) is 7.15. The summed E-state index contributed by atoms with van der Waals surface area (Å²) in [4.78, 5) is 2.31. The number of hydrogen-bond donors (Lipinski definition) is 1. The molecule has 106 valence electrons. The summed E-state index contributed by atoms with van der Waals surface area (Å²) < 4.78 is 13.2. The van der Waals surface area contributed by atoms with Crippen molar-refractivity contribution in [1.82, 2.24) is 5.32 Å². The molecule has 1 fully saturated rings. The Labute approximate surface area is 119 Å². The molecule has 1 saturated heterocycles. The van der Waals surface area contributed by atoms with E-state index in [4.69, 9.17) is 11.6 Å². The highest BCUT2D eigenvalue weighted by Crippen LogP contribution is 2.32. The van der Waals surface area contributed by atoms with E-state index in [1.54, 1.807) is 6.07 Å². The third-order valence-electron chi connectivity index (χ3n) is 3.74. The Balaban J connectivity index is 2.36. The SMILES string of the molecule is CC(C)C1CNC(C)(C)CN1c1ccc(F)cc1Cl. The molecule has 1 aliphatic rings. The van der Waals surface area contributed by atoms with Crippen LogP contribution in [-0.2, 0) is 0 Å². The number of anilines is 1. The largest absolute Gasteiger partial charge is 0.364 e. The van der Waals surface area contributed by atoms with E-state index in [1.165, 1.54) is 12.1 Å². The first kappa shape index (κ1) is 14.6. The van der Waals surface area contributed by atoms with Gasteiger partial charge in [0, 0.05) is 24.7 Å². The van der Waals surface area contributed by atoms with Crippen LogP contribution in [0.4, 0.5) is 10.1 Å². The van der Waals surface area contributed by atoms with Crippen molar-refractivity contribution < 1.29 is 4.39 Å². The third-order valence-corrected chi connectivity index (χ3v) is 4.05. The van der Waals surface area contributed by atoms with Crippen LogP contribution in [0, 0.1) is 11.7 Å². The van der Waals surface area contributed by atoms with Crippen molar-refractivity contribution in [2.45, 2.75) is 39.3 Å². The monoisotopic (exact) mass is 284 g/mol. The molecule has 1 unspecified atom stereocenters. The second kappa shape index (κ2) is 5.29. The lowest BCUT2D eigenvalue weighted by Crippen LogP contribution is -2.63. The summed E-state index contributed by atoms with van der Waals surface area (Å²) in [6, 6.07) is 5.03. The van der Waals surface area contributed by atoms with E-state index < -0.39 is 0 Å². The topological polar surface area (TPSA) is 15.3 Å². The van der Waals surface area contributed by atoms with Crippen molar-refractivity contribution in [3.63, 3.8) is 0 Å². The van der Waals surface area contributed by atoms with Gasteiger partial charge < -0.3 is 10.2 Å². The number of halogens is 2. The van der Waals surface area contributed by atoms with E-state index >= 15 is 0 Å².